The van der Waals surface area contributed by atoms with Crippen LogP contribution in [0.5, 0.6) is 0 Å². The summed E-state index contributed by atoms with van der Waals surface area (Å²) in [6, 6.07) is 8.02. The molecule has 0 saturated heterocycles. The molecule has 0 radical (unpaired) electrons. The predicted octanol–water partition coefficient (Wildman–Crippen LogP) is 3.21. The maximum Gasteiger partial charge on any atom is 0.251 e. The van der Waals surface area contributed by atoms with Crippen LogP contribution >= 0.6 is 11.3 Å². The van der Waals surface area contributed by atoms with E-state index in [1.165, 1.54) is 16.0 Å². The summed E-state index contributed by atoms with van der Waals surface area (Å²) in [6.45, 7) is 3.73. The van der Waals surface area contributed by atoms with Crippen molar-refractivity contribution >= 4 is 22.9 Å². The lowest BCUT2D eigenvalue weighted by Crippen LogP contribution is -2.22. The van der Waals surface area contributed by atoms with Crippen molar-refractivity contribution in [2.75, 3.05) is 11.9 Å². The molecule has 0 aliphatic carbocycles. The Bertz CT molecular complexity index is 633. The highest BCUT2D eigenvalue weighted by Crippen LogP contribution is 2.23. The lowest BCUT2D eigenvalue weighted by Gasteiger charge is -2.07. The highest BCUT2D eigenvalue weighted by atomic mass is 32.1. The molecule has 1 aromatic heterocycles. The van der Waals surface area contributed by atoms with Gasteiger partial charge in [-0.3, -0.25) is 4.79 Å². The third-order valence-corrected chi connectivity index (χ3v) is 4.67. The molecule has 1 amide bonds. The van der Waals surface area contributed by atoms with Crippen molar-refractivity contribution in [1.29, 1.82) is 0 Å². The molecule has 2 aromatic rings. The number of anilines is 1. The molecule has 1 aliphatic heterocycles. The minimum Gasteiger partial charge on any atom is -0.384 e. The Labute approximate surface area is 123 Å². The summed E-state index contributed by atoms with van der Waals surface area (Å²) in [5.41, 5.74) is 4.48. The standard InChI is InChI=1S/C16H18N2OS/c1-2-11-6-8-20-15(11)10-18-16(19)13-3-4-14-12(9-13)5-7-17-14/h3-4,6,8-9,17H,2,5,7,10H2,1H3,(H,18,19). The quantitative estimate of drug-likeness (QED) is 0.906. The summed E-state index contributed by atoms with van der Waals surface area (Å²) < 4.78 is 0. The predicted molar refractivity (Wildman–Crippen MR) is 83.5 cm³/mol. The first-order chi connectivity index (χ1) is 9.78. The summed E-state index contributed by atoms with van der Waals surface area (Å²) in [7, 11) is 0. The van der Waals surface area contributed by atoms with Gasteiger partial charge in [-0.15, -0.1) is 11.3 Å². The number of carbonyl (C=O) groups is 1. The first-order valence-corrected chi connectivity index (χ1v) is 7.86. The van der Waals surface area contributed by atoms with Gasteiger partial charge < -0.3 is 10.6 Å². The van der Waals surface area contributed by atoms with E-state index >= 15 is 0 Å². The van der Waals surface area contributed by atoms with Gasteiger partial charge in [-0.1, -0.05) is 6.92 Å². The molecule has 2 heterocycles. The second-order valence-electron chi connectivity index (χ2n) is 4.95. The number of amides is 1. The van der Waals surface area contributed by atoms with Gasteiger partial charge in [0.15, 0.2) is 0 Å². The first kappa shape index (κ1) is 13.2. The van der Waals surface area contributed by atoms with Gasteiger partial charge in [0.2, 0.25) is 0 Å². The van der Waals surface area contributed by atoms with Crippen LogP contribution in [0.4, 0.5) is 5.69 Å². The van der Waals surface area contributed by atoms with Crippen molar-refractivity contribution in [2.24, 2.45) is 0 Å². The topological polar surface area (TPSA) is 41.1 Å². The van der Waals surface area contributed by atoms with Crippen LogP contribution in [0, 0.1) is 0 Å². The van der Waals surface area contributed by atoms with Gasteiger partial charge in [0.25, 0.3) is 5.91 Å². The molecule has 3 nitrogen and oxygen atoms in total. The number of thiophene rings is 1. The minimum absolute atomic E-state index is 0.00940. The molecule has 0 saturated carbocycles. The fourth-order valence-electron chi connectivity index (χ4n) is 2.55. The Hall–Kier alpha value is -1.81. The average molecular weight is 286 g/mol. The van der Waals surface area contributed by atoms with Gasteiger partial charge >= 0.3 is 0 Å². The van der Waals surface area contributed by atoms with Crippen molar-refractivity contribution in [2.45, 2.75) is 26.3 Å². The number of fused-ring (bicyclic) bond motifs is 1. The zero-order valence-electron chi connectivity index (χ0n) is 11.5. The minimum atomic E-state index is 0.00940. The zero-order chi connectivity index (χ0) is 13.9. The van der Waals surface area contributed by atoms with Crippen molar-refractivity contribution in [3.63, 3.8) is 0 Å². The molecule has 0 unspecified atom stereocenters. The molecule has 4 heteroatoms. The second-order valence-corrected chi connectivity index (χ2v) is 5.95. The zero-order valence-corrected chi connectivity index (χ0v) is 12.3. The van der Waals surface area contributed by atoms with Crippen LogP contribution < -0.4 is 10.6 Å². The van der Waals surface area contributed by atoms with Crippen molar-refractivity contribution in [3.05, 3.63) is 51.2 Å². The molecule has 104 valence electrons. The van der Waals surface area contributed by atoms with Gasteiger partial charge in [-0.2, -0.15) is 0 Å². The van der Waals surface area contributed by atoms with Crippen LogP contribution in [-0.4, -0.2) is 12.5 Å². The first-order valence-electron chi connectivity index (χ1n) is 6.98. The number of hydrogen-bond acceptors (Lipinski definition) is 3. The maximum absolute atomic E-state index is 12.2. The molecule has 0 spiro atoms. The van der Waals surface area contributed by atoms with Gasteiger partial charge in [0, 0.05) is 22.7 Å². The summed E-state index contributed by atoms with van der Waals surface area (Å²) in [4.78, 5) is 13.5. The average Bonchev–Trinajstić information content (AvgIpc) is 3.12. The molecule has 1 aromatic carbocycles. The van der Waals surface area contributed by atoms with E-state index < -0.39 is 0 Å². The third kappa shape index (κ3) is 2.56. The number of aryl methyl sites for hydroxylation is 1. The molecular formula is C16H18N2OS. The van der Waals surface area contributed by atoms with Crippen LogP contribution in [0.15, 0.2) is 29.6 Å². The monoisotopic (exact) mass is 286 g/mol. The molecule has 0 fully saturated rings. The highest BCUT2D eigenvalue weighted by molar-refractivity contribution is 7.10. The Morgan fingerprint density at radius 3 is 3.15 bits per heavy atom. The van der Waals surface area contributed by atoms with E-state index in [9.17, 15) is 4.79 Å². The van der Waals surface area contributed by atoms with E-state index in [2.05, 4.69) is 29.0 Å². The van der Waals surface area contributed by atoms with E-state index in [-0.39, 0.29) is 5.91 Å². The van der Waals surface area contributed by atoms with Crippen molar-refractivity contribution in [1.82, 2.24) is 5.32 Å². The van der Waals surface area contributed by atoms with E-state index in [1.807, 2.05) is 18.2 Å². The Balaban J connectivity index is 1.67. The summed E-state index contributed by atoms with van der Waals surface area (Å²) in [5, 5.41) is 8.41. The van der Waals surface area contributed by atoms with E-state index in [1.54, 1.807) is 11.3 Å². The summed E-state index contributed by atoms with van der Waals surface area (Å²) in [5.74, 6) is 0.00940. The Morgan fingerprint density at radius 1 is 1.40 bits per heavy atom. The molecule has 0 bridgehead atoms. The second kappa shape index (κ2) is 5.67. The van der Waals surface area contributed by atoms with Gasteiger partial charge in [0.1, 0.15) is 0 Å². The summed E-state index contributed by atoms with van der Waals surface area (Å²) in [6.07, 6.45) is 2.01. The van der Waals surface area contributed by atoms with Gasteiger partial charge in [0.05, 0.1) is 6.54 Å². The molecule has 20 heavy (non-hydrogen) atoms. The van der Waals surface area contributed by atoms with Crippen molar-refractivity contribution < 1.29 is 4.79 Å². The lowest BCUT2D eigenvalue weighted by molar-refractivity contribution is 0.0951. The largest absolute Gasteiger partial charge is 0.384 e. The molecule has 3 rings (SSSR count). The van der Waals surface area contributed by atoms with Crippen LogP contribution in [0.2, 0.25) is 0 Å². The summed E-state index contributed by atoms with van der Waals surface area (Å²) >= 11 is 1.71. The SMILES string of the molecule is CCc1ccsc1CNC(=O)c1ccc2c(c1)CCN2. The Kier molecular flexibility index (Phi) is 3.74. The molecule has 2 N–H and O–H groups in total. The number of carbonyl (C=O) groups excluding carboxylic acids is 1. The number of benzene rings is 1. The van der Waals surface area contributed by atoms with Gasteiger partial charge in [-0.25, -0.2) is 0 Å². The van der Waals surface area contributed by atoms with Crippen molar-refractivity contribution in [3.8, 4) is 0 Å². The van der Waals surface area contributed by atoms with E-state index in [0.29, 0.717) is 6.54 Å². The normalized spacial score (nSPS) is 12.8. The fourth-order valence-corrected chi connectivity index (χ4v) is 3.46. The maximum atomic E-state index is 12.2. The van der Waals surface area contributed by atoms with E-state index in [4.69, 9.17) is 0 Å². The fraction of sp³-hybridized carbons (Fsp3) is 0.312. The van der Waals surface area contributed by atoms with Crippen LogP contribution in [-0.2, 0) is 19.4 Å². The third-order valence-electron chi connectivity index (χ3n) is 3.71. The smallest absolute Gasteiger partial charge is 0.251 e. The van der Waals surface area contributed by atoms with Gasteiger partial charge in [-0.05, 0) is 53.6 Å². The number of rotatable bonds is 4. The number of hydrogen-bond donors (Lipinski definition) is 2. The van der Waals surface area contributed by atoms with Crippen LogP contribution in [0.25, 0.3) is 0 Å². The molecule has 0 atom stereocenters. The van der Waals surface area contributed by atoms with E-state index in [0.717, 1.165) is 30.6 Å². The van der Waals surface area contributed by atoms with Crippen LogP contribution in [0.3, 0.4) is 0 Å². The lowest BCUT2D eigenvalue weighted by atomic mass is 10.1. The molecule has 1 aliphatic rings. The molecular weight excluding hydrogens is 268 g/mol. The highest BCUT2D eigenvalue weighted by Gasteiger charge is 2.13. The Morgan fingerprint density at radius 2 is 2.30 bits per heavy atom. The number of nitrogens with one attached hydrogen (secondary N) is 2. The van der Waals surface area contributed by atoms with Crippen LogP contribution in [0.1, 0.15) is 33.3 Å².